The zero-order chi connectivity index (χ0) is 12.8. The van der Waals surface area contributed by atoms with Crippen LogP contribution < -0.4 is 5.32 Å². The summed E-state index contributed by atoms with van der Waals surface area (Å²) < 4.78 is 0.628. The number of aliphatic hydroxyl groups excluding tert-OH is 1. The quantitative estimate of drug-likeness (QED) is 0.750. The highest BCUT2D eigenvalue weighted by Gasteiger charge is 2.13. The third kappa shape index (κ3) is 4.32. The highest BCUT2D eigenvalue weighted by Crippen LogP contribution is 2.19. The van der Waals surface area contributed by atoms with Gasteiger partial charge in [0.05, 0.1) is 0 Å². The number of rotatable bonds is 6. The molecule has 1 heterocycles. The van der Waals surface area contributed by atoms with E-state index in [1.54, 1.807) is 6.20 Å². The first-order valence-electron chi connectivity index (χ1n) is 5.31. The van der Waals surface area contributed by atoms with Crippen LogP contribution in [0.2, 0.25) is 0 Å². The fourth-order valence-electron chi connectivity index (χ4n) is 1.42. The van der Waals surface area contributed by atoms with Crippen LogP contribution in [0.25, 0.3) is 0 Å². The predicted octanol–water partition coefficient (Wildman–Crippen LogP) is 2.12. The van der Waals surface area contributed by atoms with Crippen molar-refractivity contribution in [3.05, 3.63) is 22.3 Å². The van der Waals surface area contributed by atoms with Crippen molar-refractivity contribution in [3.63, 3.8) is 0 Å². The molecule has 3 N–H and O–H groups in total. The third-order valence-electron chi connectivity index (χ3n) is 2.26. The number of carboxylic acids is 1. The molecule has 0 aliphatic rings. The van der Waals surface area contributed by atoms with Crippen molar-refractivity contribution >= 4 is 27.7 Å². The number of carbonyl (C=O) groups is 1. The Balaban J connectivity index is 2.79. The third-order valence-corrected chi connectivity index (χ3v) is 2.70. The molecule has 5 nitrogen and oxygen atoms in total. The second kappa shape index (κ2) is 6.56. The van der Waals surface area contributed by atoms with Gasteiger partial charge in [-0.3, -0.25) is 0 Å². The second-order valence-corrected chi connectivity index (χ2v) is 4.68. The maximum absolute atomic E-state index is 11.0. The second-order valence-electron chi connectivity index (χ2n) is 3.77. The van der Waals surface area contributed by atoms with E-state index in [9.17, 15) is 4.79 Å². The Labute approximate surface area is 108 Å². The fourth-order valence-corrected chi connectivity index (χ4v) is 1.75. The first-order valence-corrected chi connectivity index (χ1v) is 6.10. The van der Waals surface area contributed by atoms with Crippen molar-refractivity contribution in [3.8, 4) is 0 Å². The summed E-state index contributed by atoms with van der Waals surface area (Å²) in [6, 6.07) is 1.57. The van der Waals surface area contributed by atoms with Crippen molar-refractivity contribution in [2.45, 2.75) is 25.8 Å². The number of aromatic carboxylic acids is 1. The molecule has 1 unspecified atom stereocenters. The van der Waals surface area contributed by atoms with Gasteiger partial charge >= 0.3 is 5.97 Å². The Morgan fingerprint density at radius 1 is 1.65 bits per heavy atom. The minimum Gasteiger partial charge on any atom is -0.478 e. The molecule has 0 spiro atoms. The van der Waals surface area contributed by atoms with Gasteiger partial charge in [0.1, 0.15) is 11.4 Å². The van der Waals surface area contributed by atoms with E-state index in [4.69, 9.17) is 10.2 Å². The summed E-state index contributed by atoms with van der Waals surface area (Å²) in [5.41, 5.74) is 0.134. The molecule has 17 heavy (non-hydrogen) atoms. The Morgan fingerprint density at radius 3 is 2.94 bits per heavy atom. The minimum absolute atomic E-state index is 0.0638. The molecule has 0 fully saturated rings. The first-order chi connectivity index (χ1) is 8.04. The van der Waals surface area contributed by atoms with Crippen LogP contribution in [0.5, 0.6) is 0 Å². The maximum atomic E-state index is 11.0. The van der Waals surface area contributed by atoms with Crippen molar-refractivity contribution < 1.29 is 15.0 Å². The molecule has 0 saturated heterocycles. The van der Waals surface area contributed by atoms with Gasteiger partial charge in [0.2, 0.25) is 0 Å². The Bertz CT molecular complexity index is 398. The number of aromatic nitrogens is 1. The summed E-state index contributed by atoms with van der Waals surface area (Å²) in [6.45, 7) is 2.05. The number of aliphatic hydroxyl groups is 1. The normalized spacial score (nSPS) is 12.2. The van der Waals surface area contributed by atoms with Gasteiger partial charge in [-0.25, -0.2) is 9.78 Å². The van der Waals surface area contributed by atoms with E-state index in [0.717, 1.165) is 6.42 Å². The summed E-state index contributed by atoms with van der Waals surface area (Å²) in [5.74, 6) is -0.665. The molecular weight excluding hydrogens is 288 g/mol. The van der Waals surface area contributed by atoms with Crippen molar-refractivity contribution in [1.82, 2.24) is 4.98 Å². The zero-order valence-corrected chi connectivity index (χ0v) is 11.1. The Morgan fingerprint density at radius 2 is 2.35 bits per heavy atom. The van der Waals surface area contributed by atoms with Gasteiger partial charge in [-0.2, -0.15) is 0 Å². The summed E-state index contributed by atoms with van der Waals surface area (Å²) >= 11 is 3.19. The molecule has 0 aliphatic carbocycles. The molecule has 0 aromatic carbocycles. The number of anilines is 1. The molecule has 94 valence electrons. The summed E-state index contributed by atoms with van der Waals surface area (Å²) in [7, 11) is 0. The van der Waals surface area contributed by atoms with Crippen molar-refractivity contribution in [2.24, 2.45) is 0 Å². The SMILES string of the molecule is CC(CCCO)Nc1ncc(Br)cc1C(=O)O. The van der Waals surface area contributed by atoms with E-state index in [2.05, 4.69) is 26.2 Å². The number of halogens is 1. The maximum Gasteiger partial charge on any atom is 0.339 e. The van der Waals surface area contributed by atoms with Crippen LogP contribution in [0.3, 0.4) is 0 Å². The van der Waals surface area contributed by atoms with Gasteiger partial charge in [-0.15, -0.1) is 0 Å². The van der Waals surface area contributed by atoms with Crippen LogP contribution in [0, 0.1) is 0 Å². The summed E-state index contributed by atoms with van der Waals surface area (Å²) in [6.07, 6.45) is 2.98. The van der Waals surface area contributed by atoms with Crippen LogP contribution in [-0.4, -0.2) is 33.8 Å². The van der Waals surface area contributed by atoms with Crippen LogP contribution in [-0.2, 0) is 0 Å². The Kier molecular flexibility index (Phi) is 5.37. The number of hydrogen-bond donors (Lipinski definition) is 3. The zero-order valence-electron chi connectivity index (χ0n) is 9.48. The smallest absolute Gasteiger partial charge is 0.339 e. The molecule has 1 aromatic heterocycles. The average molecular weight is 303 g/mol. The minimum atomic E-state index is -1.02. The predicted molar refractivity (Wildman–Crippen MR) is 68.3 cm³/mol. The topological polar surface area (TPSA) is 82.5 Å². The van der Waals surface area contributed by atoms with Gasteiger partial charge in [0, 0.05) is 23.3 Å². The molecule has 0 bridgehead atoms. The van der Waals surface area contributed by atoms with Gasteiger partial charge in [-0.1, -0.05) is 0 Å². The van der Waals surface area contributed by atoms with Gasteiger partial charge in [-0.05, 0) is 41.8 Å². The van der Waals surface area contributed by atoms with Gasteiger partial charge in [0.25, 0.3) is 0 Å². The fraction of sp³-hybridized carbons (Fsp3) is 0.455. The van der Waals surface area contributed by atoms with Gasteiger partial charge in [0.15, 0.2) is 0 Å². The molecule has 0 radical (unpaired) electrons. The van der Waals surface area contributed by atoms with E-state index in [0.29, 0.717) is 16.7 Å². The lowest BCUT2D eigenvalue weighted by Crippen LogP contribution is -2.18. The van der Waals surface area contributed by atoms with E-state index < -0.39 is 5.97 Å². The largest absolute Gasteiger partial charge is 0.478 e. The Hall–Kier alpha value is -1.14. The van der Waals surface area contributed by atoms with Crippen molar-refractivity contribution in [1.29, 1.82) is 0 Å². The van der Waals surface area contributed by atoms with Crippen LogP contribution in [0.4, 0.5) is 5.82 Å². The summed E-state index contributed by atoms with van der Waals surface area (Å²) in [5, 5.41) is 20.8. The first kappa shape index (κ1) is 13.9. The van der Waals surface area contributed by atoms with Crippen molar-refractivity contribution in [2.75, 3.05) is 11.9 Å². The molecule has 0 saturated carbocycles. The lowest BCUT2D eigenvalue weighted by molar-refractivity contribution is 0.0697. The molecular formula is C11H15BrN2O3. The van der Waals surface area contributed by atoms with Crippen LogP contribution in [0.15, 0.2) is 16.7 Å². The number of hydrogen-bond acceptors (Lipinski definition) is 4. The number of pyridine rings is 1. The van der Waals surface area contributed by atoms with E-state index in [1.165, 1.54) is 6.07 Å². The lowest BCUT2D eigenvalue weighted by Gasteiger charge is -2.15. The lowest BCUT2D eigenvalue weighted by atomic mass is 10.1. The van der Waals surface area contributed by atoms with E-state index >= 15 is 0 Å². The number of nitrogens with zero attached hydrogens (tertiary/aromatic N) is 1. The van der Waals surface area contributed by atoms with Crippen LogP contribution in [0.1, 0.15) is 30.1 Å². The highest BCUT2D eigenvalue weighted by atomic mass is 79.9. The molecule has 1 rings (SSSR count). The molecule has 1 atom stereocenters. The molecule has 0 aliphatic heterocycles. The number of nitrogens with one attached hydrogen (secondary N) is 1. The summed E-state index contributed by atoms with van der Waals surface area (Å²) in [4.78, 5) is 15.1. The average Bonchev–Trinajstić information content (AvgIpc) is 2.28. The highest BCUT2D eigenvalue weighted by molar-refractivity contribution is 9.10. The standard InChI is InChI=1S/C11H15BrN2O3/c1-7(3-2-4-15)14-10-9(11(16)17)5-8(12)6-13-10/h5-7,15H,2-4H2,1H3,(H,13,14)(H,16,17). The van der Waals surface area contributed by atoms with Crippen LogP contribution >= 0.6 is 15.9 Å². The molecule has 6 heteroatoms. The molecule has 1 aromatic rings. The van der Waals surface area contributed by atoms with E-state index in [-0.39, 0.29) is 18.2 Å². The van der Waals surface area contributed by atoms with E-state index in [1.807, 2.05) is 6.92 Å². The number of carboxylic acid groups (broad SMARTS) is 1. The molecule has 0 amide bonds. The monoisotopic (exact) mass is 302 g/mol. The van der Waals surface area contributed by atoms with Gasteiger partial charge < -0.3 is 15.5 Å².